The van der Waals surface area contributed by atoms with Gasteiger partial charge in [0.2, 0.25) is 5.95 Å². The third-order valence-electron chi connectivity index (χ3n) is 2.28. The first-order valence-corrected chi connectivity index (χ1v) is 6.45. The summed E-state index contributed by atoms with van der Waals surface area (Å²) in [4.78, 5) is 8.22. The summed E-state index contributed by atoms with van der Waals surface area (Å²) in [6, 6.07) is 1.83. The predicted molar refractivity (Wildman–Crippen MR) is 76.4 cm³/mol. The zero-order chi connectivity index (χ0) is 13.9. The third kappa shape index (κ3) is 6.78. The maximum Gasteiger partial charge on any atom is 0.223 e. The fourth-order valence-corrected chi connectivity index (χ4v) is 1.40. The monoisotopic (exact) mass is 269 g/mol. The average molecular weight is 269 g/mol. The van der Waals surface area contributed by atoms with Crippen molar-refractivity contribution >= 4 is 17.6 Å². The molecule has 0 amide bonds. The summed E-state index contributed by atoms with van der Waals surface area (Å²) in [5.74, 6) is 1.68. The maximum absolute atomic E-state index is 5.65. The number of nitrogen functional groups attached to an aromatic ring is 1. The van der Waals surface area contributed by atoms with E-state index in [2.05, 4.69) is 27.5 Å². The van der Waals surface area contributed by atoms with Gasteiger partial charge >= 0.3 is 0 Å². The van der Waals surface area contributed by atoms with Crippen molar-refractivity contribution in [2.45, 2.75) is 13.3 Å². The van der Waals surface area contributed by atoms with Crippen LogP contribution >= 0.6 is 0 Å². The first-order chi connectivity index (χ1) is 9.26. The zero-order valence-corrected chi connectivity index (χ0v) is 11.6. The van der Waals surface area contributed by atoms with E-state index in [0.717, 1.165) is 18.8 Å². The van der Waals surface area contributed by atoms with Crippen molar-refractivity contribution in [1.29, 1.82) is 0 Å². The molecule has 0 fully saturated rings. The number of hydrogen-bond donors (Lipinski definition) is 3. The number of nitrogens with two attached hydrogens (primary N) is 1. The van der Waals surface area contributed by atoms with Gasteiger partial charge in [0.05, 0.1) is 19.8 Å². The lowest BCUT2D eigenvalue weighted by atomic mass is 10.4. The van der Waals surface area contributed by atoms with E-state index >= 15 is 0 Å². The lowest BCUT2D eigenvalue weighted by molar-refractivity contribution is 0.0759. The molecule has 0 bridgehead atoms. The number of methoxy groups -OCH3 is 1. The van der Waals surface area contributed by atoms with Gasteiger partial charge in [-0.1, -0.05) is 6.92 Å². The van der Waals surface area contributed by atoms with E-state index in [4.69, 9.17) is 15.2 Å². The number of nitrogens with one attached hydrogen (secondary N) is 2. The van der Waals surface area contributed by atoms with Crippen LogP contribution < -0.4 is 16.4 Å². The van der Waals surface area contributed by atoms with E-state index < -0.39 is 0 Å². The van der Waals surface area contributed by atoms with Crippen LogP contribution in [0.4, 0.5) is 17.6 Å². The van der Waals surface area contributed by atoms with Gasteiger partial charge in [-0.2, -0.15) is 9.97 Å². The molecule has 0 saturated heterocycles. The molecule has 1 aromatic heterocycles. The van der Waals surface area contributed by atoms with Gasteiger partial charge < -0.3 is 25.8 Å². The molecule has 0 saturated carbocycles. The van der Waals surface area contributed by atoms with Gasteiger partial charge in [-0.3, -0.25) is 0 Å². The first kappa shape index (κ1) is 15.5. The Labute approximate surface area is 113 Å². The number of ether oxygens (including phenoxy) is 2. The molecule has 19 heavy (non-hydrogen) atoms. The largest absolute Gasteiger partial charge is 0.382 e. The summed E-state index contributed by atoms with van der Waals surface area (Å²) in [5.41, 5.74) is 5.65. The highest BCUT2D eigenvalue weighted by Crippen LogP contribution is 2.12. The Morgan fingerprint density at radius 1 is 1.11 bits per heavy atom. The smallest absolute Gasteiger partial charge is 0.223 e. The van der Waals surface area contributed by atoms with Gasteiger partial charge in [0, 0.05) is 26.3 Å². The Hall–Kier alpha value is -1.60. The Kier molecular flexibility index (Phi) is 7.60. The lowest BCUT2D eigenvalue weighted by Gasteiger charge is -2.09. The summed E-state index contributed by atoms with van der Waals surface area (Å²) in [6.07, 6.45) is 1.03. The maximum atomic E-state index is 5.65. The summed E-state index contributed by atoms with van der Waals surface area (Å²) in [5, 5.41) is 6.32. The molecule has 0 aliphatic rings. The molecule has 1 aromatic rings. The summed E-state index contributed by atoms with van der Waals surface area (Å²) in [7, 11) is 1.65. The number of nitrogens with zero attached hydrogens (tertiary/aromatic N) is 2. The van der Waals surface area contributed by atoms with Crippen molar-refractivity contribution in [1.82, 2.24) is 9.97 Å². The predicted octanol–water partition coefficient (Wildman–Crippen LogP) is 0.956. The molecule has 0 radical (unpaired) electrons. The molecule has 7 heteroatoms. The van der Waals surface area contributed by atoms with Gasteiger partial charge in [0.15, 0.2) is 0 Å². The average Bonchev–Trinajstić information content (AvgIpc) is 2.40. The van der Waals surface area contributed by atoms with E-state index in [1.807, 2.05) is 6.07 Å². The second-order valence-electron chi connectivity index (χ2n) is 3.96. The number of hydrogen-bond acceptors (Lipinski definition) is 7. The third-order valence-corrected chi connectivity index (χ3v) is 2.28. The van der Waals surface area contributed by atoms with Gasteiger partial charge in [0.1, 0.15) is 11.6 Å². The molecule has 4 N–H and O–H groups in total. The normalized spacial score (nSPS) is 10.4. The van der Waals surface area contributed by atoms with Crippen molar-refractivity contribution in [3.63, 3.8) is 0 Å². The molecule has 0 aliphatic heterocycles. The standard InChI is InChI=1S/C12H23N5O2/c1-3-4-14-10-9-11(17-12(13)16-10)15-5-6-19-8-7-18-2/h9H,3-8H2,1-2H3,(H4,13,14,15,16,17). The Bertz CT molecular complexity index is 362. The van der Waals surface area contributed by atoms with E-state index in [0.29, 0.717) is 32.2 Å². The molecule has 108 valence electrons. The zero-order valence-electron chi connectivity index (χ0n) is 11.6. The highest BCUT2D eigenvalue weighted by molar-refractivity contribution is 5.50. The van der Waals surface area contributed by atoms with E-state index in [9.17, 15) is 0 Å². The second-order valence-corrected chi connectivity index (χ2v) is 3.96. The summed E-state index contributed by atoms with van der Waals surface area (Å²) >= 11 is 0. The first-order valence-electron chi connectivity index (χ1n) is 6.45. The van der Waals surface area contributed by atoms with E-state index in [1.165, 1.54) is 0 Å². The number of rotatable bonds is 10. The van der Waals surface area contributed by atoms with Gasteiger partial charge in [-0.15, -0.1) is 0 Å². The van der Waals surface area contributed by atoms with Crippen LogP contribution in [0.2, 0.25) is 0 Å². The number of aromatic nitrogens is 2. The lowest BCUT2D eigenvalue weighted by Crippen LogP contribution is -2.14. The second kappa shape index (κ2) is 9.35. The number of anilines is 3. The van der Waals surface area contributed by atoms with Gasteiger partial charge in [-0.25, -0.2) is 0 Å². The van der Waals surface area contributed by atoms with Crippen LogP contribution in [0.1, 0.15) is 13.3 Å². The minimum atomic E-state index is 0.254. The summed E-state index contributed by atoms with van der Waals surface area (Å²) in [6.45, 7) is 5.39. The highest BCUT2D eigenvalue weighted by atomic mass is 16.5. The van der Waals surface area contributed by atoms with Crippen molar-refractivity contribution in [3.8, 4) is 0 Å². The van der Waals surface area contributed by atoms with Gasteiger partial charge in [-0.05, 0) is 6.42 Å². The molecule has 1 heterocycles. The van der Waals surface area contributed by atoms with E-state index in [-0.39, 0.29) is 5.95 Å². The molecule has 0 aliphatic carbocycles. The highest BCUT2D eigenvalue weighted by Gasteiger charge is 2.01. The Morgan fingerprint density at radius 2 is 1.79 bits per heavy atom. The minimum Gasteiger partial charge on any atom is -0.382 e. The molecule has 7 nitrogen and oxygen atoms in total. The van der Waals surface area contributed by atoms with E-state index in [1.54, 1.807) is 7.11 Å². The quantitative estimate of drug-likeness (QED) is 0.544. The van der Waals surface area contributed by atoms with Crippen LogP contribution in [0.3, 0.4) is 0 Å². The molecular formula is C12H23N5O2. The van der Waals surface area contributed by atoms with Crippen molar-refractivity contribution in [2.24, 2.45) is 0 Å². The Morgan fingerprint density at radius 3 is 2.42 bits per heavy atom. The van der Waals surface area contributed by atoms with Crippen LogP contribution in [0.5, 0.6) is 0 Å². The fraction of sp³-hybridized carbons (Fsp3) is 0.667. The van der Waals surface area contributed by atoms with Crippen LogP contribution in [0.15, 0.2) is 6.07 Å². The molecule has 0 unspecified atom stereocenters. The van der Waals surface area contributed by atoms with Crippen LogP contribution in [-0.2, 0) is 9.47 Å². The Balaban J connectivity index is 2.34. The van der Waals surface area contributed by atoms with Crippen molar-refractivity contribution in [2.75, 3.05) is 56.4 Å². The van der Waals surface area contributed by atoms with Crippen LogP contribution in [0.25, 0.3) is 0 Å². The minimum absolute atomic E-state index is 0.254. The topological polar surface area (TPSA) is 94.3 Å². The van der Waals surface area contributed by atoms with Crippen LogP contribution in [-0.4, -0.2) is 50.0 Å². The molecular weight excluding hydrogens is 246 g/mol. The molecule has 0 spiro atoms. The van der Waals surface area contributed by atoms with Crippen molar-refractivity contribution < 1.29 is 9.47 Å². The van der Waals surface area contributed by atoms with Crippen LogP contribution in [0, 0.1) is 0 Å². The SMILES string of the molecule is CCCNc1cc(NCCOCCOC)nc(N)n1. The molecule has 1 rings (SSSR count). The summed E-state index contributed by atoms with van der Waals surface area (Å²) < 4.78 is 10.2. The van der Waals surface area contributed by atoms with Gasteiger partial charge in [0.25, 0.3) is 0 Å². The van der Waals surface area contributed by atoms with Crippen molar-refractivity contribution in [3.05, 3.63) is 6.07 Å². The fourth-order valence-electron chi connectivity index (χ4n) is 1.40. The molecule has 0 aromatic carbocycles. The molecule has 0 atom stereocenters.